The second kappa shape index (κ2) is 14.7. The Kier molecular flexibility index (Phi) is 11.8. The van der Waals surface area contributed by atoms with Gasteiger partial charge < -0.3 is 48.1 Å². The molecular formula is C24H37N7O7. The smallest absolute Gasteiger partial charge is 0.326 e. The number of aliphatic hydroxyl groups excluding tert-OH is 1. The zero-order valence-corrected chi connectivity index (χ0v) is 21.2. The molecule has 11 N–H and O–H groups in total. The highest BCUT2D eigenvalue weighted by molar-refractivity contribution is 5.94. The largest absolute Gasteiger partial charge is 0.508 e. The van der Waals surface area contributed by atoms with Gasteiger partial charge in [0.2, 0.25) is 17.7 Å². The number of aliphatic hydroxyl groups is 1. The molecule has 38 heavy (non-hydrogen) atoms. The zero-order valence-electron chi connectivity index (χ0n) is 21.2. The predicted molar refractivity (Wildman–Crippen MR) is 138 cm³/mol. The summed E-state index contributed by atoms with van der Waals surface area (Å²) >= 11 is 0. The maximum atomic E-state index is 13.2. The lowest BCUT2D eigenvalue weighted by atomic mass is 10.0. The number of rotatable bonds is 14. The number of carbonyl (C=O) groups is 4. The SMILES string of the molecule is CC(O)C(NC(=O)C1CCCN1)C(=O)NC(Cc1ccc(O)cc1)C(=O)NC(CCCN=C(N)N)C(=O)O. The third-order valence-corrected chi connectivity index (χ3v) is 6.01. The Hall–Kier alpha value is -3.91. The van der Waals surface area contributed by atoms with Crippen molar-refractivity contribution in [3.8, 4) is 5.75 Å². The molecule has 0 saturated carbocycles. The van der Waals surface area contributed by atoms with Crippen molar-refractivity contribution in [2.75, 3.05) is 13.1 Å². The first kappa shape index (κ1) is 30.3. The normalized spacial score (nSPS) is 17.9. The van der Waals surface area contributed by atoms with E-state index in [1.807, 2.05) is 0 Å². The van der Waals surface area contributed by atoms with E-state index in [1.54, 1.807) is 12.1 Å². The average molecular weight is 536 g/mol. The van der Waals surface area contributed by atoms with Crippen molar-refractivity contribution in [1.29, 1.82) is 0 Å². The maximum absolute atomic E-state index is 13.2. The number of phenolic OH excluding ortho intramolecular Hbond substituents is 1. The van der Waals surface area contributed by atoms with Gasteiger partial charge in [0.15, 0.2) is 5.96 Å². The van der Waals surface area contributed by atoms with E-state index >= 15 is 0 Å². The molecule has 1 aliphatic heterocycles. The number of nitrogens with two attached hydrogens (primary N) is 2. The van der Waals surface area contributed by atoms with Gasteiger partial charge in [-0.1, -0.05) is 12.1 Å². The first-order valence-corrected chi connectivity index (χ1v) is 12.4. The quantitative estimate of drug-likeness (QED) is 0.0698. The van der Waals surface area contributed by atoms with Crippen LogP contribution in [0.4, 0.5) is 0 Å². The highest BCUT2D eigenvalue weighted by Gasteiger charge is 2.33. The van der Waals surface area contributed by atoms with Gasteiger partial charge in [-0.2, -0.15) is 0 Å². The van der Waals surface area contributed by atoms with Gasteiger partial charge in [0.1, 0.15) is 23.9 Å². The Morgan fingerprint density at radius 1 is 1.08 bits per heavy atom. The molecule has 14 nitrogen and oxygen atoms in total. The molecule has 210 valence electrons. The number of guanidine groups is 1. The van der Waals surface area contributed by atoms with Gasteiger partial charge >= 0.3 is 5.97 Å². The van der Waals surface area contributed by atoms with Gasteiger partial charge in [0.05, 0.1) is 12.1 Å². The van der Waals surface area contributed by atoms with Crippen LogP contribution in [-0.4, -0.2) is 88.3 Å². The number of aliphatic carboxylic acids is 1. The van der Waals surface area contributed by atoms with Crippen LogP contribution in [0.5, 0.6) is 5.75 Å². The molecule has 1 heterocycles. The molecule has 5 unspecified atom stereocenters. The first-order chi connectivity index (χ1) is 18.0. The van der Waals surface area contributed by atoms with Gasteiger partial charge in [-0.3, -0.25) is 19.4 Å². The molecule has 0 aliphatic carbocycles. The number of benzene rings is 1. The predicted octanol–water partition coefficient (Wildman–Crippen LogP) is -2.34. The lowest BCUT2D eigenvalue weighted by molar-refractivity contribution is -0.142. The summed E-state index contributed by atoms with van der Waals surface area (Å²) in [6.45, 7) is 2.16. The van der Waals surface area contributed by atoms with E-state index in [9.17, 15) is 34.5 Å². The van der Waals surface area contributed by atoms with E-state index in [4.69, 9.17) is 11.5 Å². The Labute approximate surface area is 220 Å². The van der Waals surface area contributed by atoms with Crippen LogP contribution in [0, 0.1) is 0 Å². The number of carbonyl (C=O) groups excluding carboxylic acids is 3. The average Bonchev–Trinajstić information content (AvgIpc) is 3.39. The third kappa shape index (κ3) is 9.86. The Morgan fingerprint density at radius 2 is 1.74 bits per heavy atom. The minimum atomic E-state index is -1.35. The fourth-order valence-corrected chi connectivity index (χ4v) is 3.94. The summed E-state index contributed by atoms with van der Waals surface area (Å²) in [5, 5.41) is 39.8. The number of phenols is 1. The van der Waals surface area contributed by atoms with Crippen LogP contribution in [0.25, 0.3) is 0 Å². The number of carboxylic acids is 1. The molecule has 5 atom stereocenters. The van der Waals surface area contributed by atoms with Crippen molar-refractivity contribution in [3.05, 3.63) is 29.8 Å². The molecule has 2 rings (SSSR count). The molecule has 1 aliphatic rings. The van der Waals surface area contributed by atoms with E-state index in [0.717, 1.165) is 6.42 Å². The molecule has 1 aromatic rings. The maximum Gasteiger partial charge on any atom is 0.326 e. The summed E-state index contributed by atoms with van der Waals surface area (Å²) in [5.41, 5.74) is 11.1. The minimum absolute atomic E-state index is 0.00269. The molecular weight excluding hydrogens is 498 g/mol. The second-order valence-electron chi connectivity index (χ2n) is 9.16. The molecule has 1 saturated heterocycles. The molecule has 0 radical (unpaired) electrons. The van der Waals surface area contributed by atoms with Crippen molar-refractivity contribution in [1.82, 2.24) is 21.3 Å². The number of carboxylic acid groups (broad SMARTS) is 1. The van der Waals surface area contributed by atoms with Crippen LogP contribution in [0.2, 0.25) is 0 Å². The summed E-state index contributed by atoms with van der Waals surface area (Å²) in [6.07, 6.45) is 0.359. The van der Waals surface area contributed by atoms with Crippen LogP contribution < -0.4 is 32.7 Å². The standard InChI is InChI=1S/C24H37N7O7/c1-13(32)19(31-20(34)16-4-2-10-27-16)22(36)30-18(12-14-6-8-15(33)9-7-14)21(35)29-17(23(37)38)5-3-11-28-24(25)26/h6-9,13,16-19,27,32-33H,2-5,10-12H2,1H3,(H,29,35)(H,30,36)(H,31,34)(H,37,38)(H4,25,26,28). The van der Waals surface area contributed by atoms with Gasteiger partial charge in [-0.05, 0) is 56.8 Å². The van der Waals surface area contributed by atoms with Crippen LogP contribution in [-0.2, 0) is 25.6 Å². The number of nitrogens with one attached hydrogen (secondary N) is 4. The molecule has 0 aromatic heterocycles. The van der Waals surface area contributed by atoms with Crippen LogP contribution >= 0.6 is 0 Å². The lowest BCUT2D eigenvalue weighted by Crippen LogP contribution is -2.60. The molecule has 3 amide bonds. The van der Waals surface area contributed by atoms with Crippen molar-refractivity contribution < 1.29 is 34.5 Å². The lowest BCUT2D eigenvalue weighted by Gasteiger charge is -2.26. The number of amides is 3. The van der Waals surface area contributed by atoms with Gasteiger partial charge in [-0.25, -0.2) is 4.79 Å². The topological polar surface area (TPSA) is 241 Å². The molecule has 1 fully saturated rings. The zero-order chi connectivity index (χ0) is 28.2. The first-order valence-electron chi connectivity index (χ1n) is 12.4. The second-order valence-corrected chi connectivity index (χ2v) is 9.16. The van der Waals surface area contributed by atoms with E-state index in [-0.39, 0.29) is 37.5 Å². The fourth-order valence-electron chi connectivity index (χ4n) is 3.94. The number of aromatic hydroxyl groups is 1. The molecule has 1 aromatic carbocycles. The molecule has 14 heteroatoms. The van der Waals surface area contributed by atoms with Crippen LogP contribution in [0.15, 0.2) is 29.3 Å². The number of nitrogens with zero attached hydrogens (tertiary/aromatic N) is 1. The van der Waals surface area contributed by atoms with Crippen LogP contribution in [0.3, 0.4) is 0 Å². The van der Waals surface area contributed by atoms with Gasteiger partial charge in [-0.15, -0.1) is 0 Å². The van der Waals surface area contributed by atoms with E-state index in [0.29, 0.717) is 18.5 Å². The Morgan fingerprint density at radius 3 is 2.29 bits per heavy atom. The van der Waals surface area contributed by atoms with E-state index in [2.05, 4.69) is 26.3 Å². The van der Waals surface area contributed by atoms with Crippen LogP contribution in [0.1, 0.15) is 38.2 Å². The molecule has 0 bridgehead atoms. The minimum Gasteiger partial charge on any atom is -0.508 e. The Balaban J connectivity index is 2.17. The van der Waals surface area contributed by atoms with Gasteiger partial charge in [0.25, 0.3) is 0 Å². The van der Waals surface area contributed by atoms with Crippen molar-refractivity contribution >= 4 is 29.7 Å². The summed E-state index contributed by atoms with van der Waals surface area (Å²) in [7, 11) is 0. The number of hydrogen-bond acceptors (Lipinski definition) is 8. The fraction of sp³-hybridized carbons (Fsp3) is 0.542. The van der Waals surface area contributed by atoms with Gasteiger partial charge in [0, 0.05) is 13.0 Å². The number of hydrogen-bond donors (Lipinski definition) is 9. The number of aliphatic imine (C=N–C) groups is 1. The van der Waals surface area contributed by atoms with E-state index in [1.165, 1.54) is 19.1 Å². The van der Waals surface area contributed by atoms with Crippen molar-refractivity contribution in [2.45, 2.75) is 69.3 Å². The summed E-state index contributed by atoms with van der Waals surface area (Å²) in [5.74, 6) is -3.46. The highest BCUT2D eigenvalue weighted by atomic mass is 16.4. The highest BCUT2D eigenvalue weighted by Crippen LogP contribution is 2.13. The summed E-state index contributed by atoms with van der Waals surface area (Å²) in [4.78, 5) is 54.3. The molecule has 0 spiro atoms. The monoisotopic (exact) mass is 535 g/mol. The van der Waals surface area contributed by atoms with Crippen molar-refractivity contribution in [2.24, 2.45) is 16.5 Å². The summed E-state index contributed by atoms with van der Waals surface area (Å²) in [6, 6.07) is 1.53. The van der Waals surface area contributed by atoms with Crippen molar-refractivity contribution in [3.63, 3.8) is 0 Å². The van der Waals surface area contributed by atoms with E-state index < -0.39 is 54.0 Å². The third-order valence-electron chi connectivity index (χ3n) is 6.01. The Bertz CT molecular complexity index is 990. The summed E-state index contributed by atoms with van der Waals surface area (Å²) < 4.78 is 0.